The maximum Gasteiger partial charge on any atom is 0.237 e. The number of benzene rings is 2. The van der Waals surface area contributed by atoms with Crippen LogP contribution in [0.1, 0.15) is 30.4 Å². The Morgan fingerprint density at radius 1 is 1.06 bits per heavy atom. The molecule has 0 aromatic heterocycles. The summed E-state index contributed by atoms with van der Waals surface area (Å²) in [4.78, 5) is 26.9. The first-order valence-corrected chi connectivity index (χ1v) is 10.9. The molecule has 164 valence electrons. The minimum atomic E-state index is -0.242. The van der Waals surface area contributed by atoms with Crippen molar-refractivity contribution < 1.29 is 14.0 Å². The average Bonchev–Trinajstić information content (AvgIpc) is 3.23. The van der Waals surface area contributed by atoms with Crippen LogP contribution in [-0.4, -0.2) is 47.9 Å². The minimum Gasteiger partial charge on any atom is -0.353 e. The zero-order chi connectivity index (χ0) is 21.6. The number of nitrogens with zero attached hydrogens (tertiary/aromatic N) is 1. The molecule has 2 aliphatic heterocycles. The fraction of sp³-hybridized carbons (Fsp3) is 0.417. The first-order chi connectivity index (χ1) is 15.1. The van der Waals surface area contributed by atoms with Crippen molar-refractivity contribution in [3.8, 4) is 0 Å². The smallest absolute Gasteiger partial charge is 0.237 e. The monoisotopic (exact) mass is 424 g/mol. The van der Waals surface area contributed by atoms with Crippen molar-refractivity contribution in [1.82, 2.24) is 20.9 Å². The van der Waals surface area contributed by atoms with Crippen LogP contribution in [0, 0.1) is 5.82 Å². The van der Waals surface area contributed by atoms with E-state index >= 15 is 0 Å². The lowest BCUT2D eigenvalue weighted by atomic mass is 10.0. The van der Waals surface area contributed by atoms with E-state index in [4.69, 9.17) is 0 Å². The summed E-state index contributed by atoms with van der Waals surface area (Å²) in [7, 11) is 0. The molecule has 3 atom stereocenters. The molecule has 2 aromatic carbocycles. The Morgan fingerprint density at radius 2 is 1.81 bits per heavy atom. The van der Waals surface area contributed by atoms with E-state index in [0.717, 1.165) is 24.1 Å². The van der Waals surface area contributed by atoms with Crippen LogP contribution < -0.4 is 16.0 Å². The Bertz CT molecular complexity index is 890. The molecule has 2 amide bonds. The molecule has 2 saturated heterocycles. The molecule has 0 bridgehead atoms. The van der Waals surface area contributed by atoms with Crippen LogP contribution in [0.4, 0.5) is 4.39 Å². The van der Waals surface area contributed by atoms with E-state index in [9.17, 15) is 14.0 Å². The van der Waals surface area contributed by atoms with Gasteiger partial charge in [0.1, 0.15) is 5.82 Å². The third kappa shape index (κ3) is 5.68. The van der Waals surface area contributed by atoms with Gasteiger partial charge in [0.2, 0.25) is 11.8 Å². The molecule has 0 aliphatic carbocycles. The molecule has 0 saturated carbocycles. The third-order valence-electron chi connectivity index (χ3n) is 6.17. The molecule has 2 aliphatic rings. The van der Waals surface area contributed by atoms with Crippen molar-refractivity contribution in [2.24, 2.45) is 0 Å². The molecular formula is C24H29FN4O2. The quantitative estimate of drug-likeness (QED) is 0.606. The Labute approximate surface area is 182 Å². The summed E-state index contributed by atoms with van der Waals surface area (Å²) in [5, 5.41) is 9.47. The first kappa shape index (κ1) is 21.5. The van der Waals surface area contributed by atoms with Gasteiger partial charge < -0.3 is 16.0 Å². The lowest BCUT2D eigenvalue weighted by Gasteiger charge is -2.37. The summed E-state index contributed by atoms with van der Waals surface area (Å²) in [5.74, 6) is -0.146. The van der Waals surface area contributed by atoms with Crippen molar-refractivity contribution in [2.45, 2.75) is 50.5 Å². The zero-order valence-electron chi connectivity index (χ0n) is 17.5. The molecule has 7 heteroatoms. The highest BCUT2D eigenvalue weighted by molar-refractivity contribution is 5.83. The number of amides is 2. The number of carbonyl (C=O) groups is 2. The largest absolute Gasteiger partial charge is 0.353 e. The van der Waals surface area contributed by atoms with E-state index in [-0.39, 0.29) is 35.8 Å². The predicted octanol–water partition coefficient (Wildman–Crippen LogP) is 1.95. The van der Waals surface area contributed by atoms with Gasteiger partial charge in [-0.05, 0) is 36.1 Å². The highest BCUT2D eigenvalue weighted by atomic mass is 19.1. The van der Waals surface area contributed by atoms with Crippen molar-refractivity contribution in [3.63, 3.8) is 0 Å². The van der Waals surface area contributed by atoms with Crippen LogP contribution in [-0.2, 0) is 22.7 Å². The predicted molar refractivity (Wildman–Crippen MR) is 116 cm³/mol. The van der Waals surface area contributed by atoms with Crippen LogP contribution in [0.25, 0.3) is 0 Å². The summed E-state index contributed by atoms with van der Waals surface area (Å²) in [6.45, 7) is 2.52. The van der Waals surface area contributed by atoms with Gasteiger partial charge in [0, 0.05) is 44.7 Å². The van der Waals surface area contributed by atoms with Crippen LogP contribution in [0.5, 0.6) is 0 Å². The molecule has 3 N–H and O–H groups in total. The Kier molecular flexibility index (Phi) is 6.94. The number of hydrogen-bond acceptors (Lipinski definition) is 4. The second-order valence-electron chi connectivity index (χ2n) is 8.35. The third-order valence-corrected chi connectivity index (χ3v) is 6.17. The molecule has 0 unspecified atom stereocenters. The summed E-state index contributed by atoms with van der Waals surface area (Å²) in [6, 6.07) is 16.5. The van der Waals surface area contributed by atoms with E-state index in [1.54, 1.807) is 12.1 Å². The number of rotatable bonds is 8. The lowest BCUT2D eigenvalue weighted by Crippen LogP contribution is -2.58. The van der Waals surface area contributed by atoms with Gasteiger partial charge in [0.05, 0.1) is 6.04 Å². The normalized spacial score (nSPS) is 23.3. The first-order valence-electron chi connectivity index (χ1n) is 10.9. The van der Waals surface area contributed by atoms with E-state index in [1.807, 2.05) is 30.3 Å². The van der Waals surface area contributed by atoms with Gasteiger partial charge in [0.15, 0.2) is 0 Å². The van der Waals surface area contributed by atoms with Gasteiger partial charge in [-0.25, -0.2) is 4.39 Å². The highest BCUT2D eigenvalue weighted by Gasteiger charge is 2.43. The van der Waals surface area contributed by atoms with Crippen LogP contribution in [0.2, 0.25) is 0 Å². The standard InChI is InChI=1S/C24H29FN4O2/c25-19-8-6-18(7-9-19)13-26-20-12-22-24(31)28-15-21(29(22)16-20)10-11-23(30)27-14-17-4-2-1-3-5-17/h1-9,20-22,26H,10-16H2,(H,27,30)(H,28,31)/t20-,21-,22+/m0/s1. The van der Waals surface area contributed by atoms with E-state index < -0.39 is 0 Å². The van der Waals surface area contributed by atoms with Gasteiger partial charge in [0.25, 0.3) is 0 Å². The van der Waals surface area contributed by atoms with Crippen LogP contribution in [0.3, 0.4) is 0 Å². The number of fused-ring (bicyclic) bond motifs is 1. The Morgan fingerprint density at radius 3 is 2.58 bits per heavy atom. The SMILES string of the molecule is O=C(CC[C@H]1CNC(=O)[C@H]2C[C@H](NCc3ccc(F)cc3)CN12)NCc1ccccc1. The van der Waals surface area contributed by atoms with Crippen molar-refractivity contribution in [1.29, 1.82) is 0 Å². The average molecular weight is 425 g/mol. The van der Waals surface area contributed by atoms with Gasteiger partial charge in [-0.2, -0.15) is 0 Å². The van der Waals surface area contributed by atoms with E-state index in [1.165, 1.54) is 12.1 Å². The van der Waals surface area contributed by atoms with Gasteiger partial charge >= 0.3 is 0 Å². The fourth-order valence-electron chi connectivity index (χ4n) is 4.44. The molecule has 0 radical (unpaired) electrons. The van der Waals surface area contributed by atoms with Crippen molar-refractivity contribution >= 4 is 11.8 Å². The van der Waals surface area contributed by atoms with Gasteiger partial charge in [-0.3, -0.25) is 14.5 Å². The molecule has 0 spiro atoms. The lowest BCUT2D eigenvalue weighted by molar-refractivity contribution is -0.129. The summed E-state index contributed by atoms with van der Waals surface area (Å²) < 4.78 is 13.1. The number of halogens is 1. The highest BCUT2D eigenvalue weighted by Crippen LogP contribution is 2.26. The summed E-state index contributed by atoms with van der Waals surface area (Å²) in [5.41, 5.74) is 2.10. The topological polar surface area (TPSA) is 73.5 Å². The van der Waals surface area contributed by atoms with Gasteiger partial charge in [-0.1, -0.05) is 42.5 Å². The number of piperazine rings is 1. The number of nitrogens with one attached hydrogen (secondary N) is 3. The fourth-order valence-corrected chi connectivity index (χ4v) is 4.44. The Hall–Kier alpha value is -2.77. The molecule has 31 heavy (non-hydrogen) atoms. The second kappa shape index (κ2) is 10.0. The zero-order valence-corrected chi connectivity index (χ0v) is 17.5. The summed E-state index contributed by atoms with van der Waals surface area (Å²) in [6.07, 6.45) is 1.89. The molecule has 2 aromatic rings. The van der Waals surface area contributed by atoms with Crippen LogP contribution in [0.15, 0.2) is 54.6 Å². The number of hydrogen-bond donors (Lipinski definition) is 3. The van der Waals surface area contributed by atoms with Crippen LogP contribution >= 0.6 is 0 Å². The maximum absolute atomic E-state index is 13.1. The second-order valence-corrected chi connectivity index (χ2v) is 8.35. The summed E-state index contributed by atoms with van der Waals surface area (Å²) >= 11 is 0. The minimum absolute atomic E-state index is 0.0301. The molecule has 6 nitrogen and oxygen atoms in total. The van der Waals surface area contributed by atoms with Crippen molar-refractivity contribution in [2.75, 3.05) is 13.1 Å². The Balaban J connectivity index is 1.25. The van der Waals surface area contributed by atoms with Crippen molar-refractivity contribution in [3.05, 3.63) is 71.5 Å². The van der Waals surface area contributed by atoms with E-state index in [0.29, 0.717) is 32.5 Å². The molecule has 2 fully saturated rings. The molecule has 4 rings (SSSR count). The molecular weight excluding hydrogens is 395 g/mol. The van der Waals surface area contributed by atoms with E-state index in [2.05, 4.69) is 20.9 Å². The molecule has 2 heterocycles. The maximum atomic E-state index is 13.1. The number of carbonyl (C=O) groups excluding carboxylic acids is 2. The van der Waals surface area contributed by atoms with Gasteiger partial charge in [-0.15, -0.1) is 0 Å².